The molecule has 0 spiro atoms. The van der Waals surface area contributed by atoms with Crippen LogP contribution < -0.4 is 30.2 Å². The second-order valence-electron chi connectivity index (χ2n) is 9.17. The number of carbonyl (C=O) groups is 2. The van der Waals surface area contributed by atoms with Gasteiger partial charge in [0.05, 0.1) is 16.8 Å². The SMILES string of the molecule is CCCCNc1cc(C(=O)O)cc(ONc2cc(C(=O)O)cc(S(N)(=O)=O)c2Oc2ccccc2)c1Oc1ccccc1. The third kappa shape index (κ3) is 7.93. The Bertz CT molecular complexity index is 1710. The number of benzene rings is 4. The number of hydrogen-bond donors (Lipinski definition) is 5. The summed E-state index contributed by atoms with van der Waals surface area (Å²) in [6, 6.07) is 21.4. The van der Waals surface area contributed by atoms with E-state index < -0.39 is 32.4 Å². The average Bonchev–Trinajstić information content (AvgIpc) is 2.97. The molecular weight excluding hydrogens is 578 g/mol. The van der Waals surface area contributed by atoms with Crippen molar-refractivity contribution in [2.45, 2.75) is 24.7 Å². The molecule has 4 aromatic carbocycles. The molecule has 0 saturated carbocycles. The van der Waals surface area contributed by atoms with Gasteiger partial charge in [-0.3, -0.25) is 0 Å². The Morgan fingerprint density at radius 1 is 0.791 bits per heavy atom. The minimum absolute atomic E-state index is 0.105. The highest BCUT2D eigenvalue weighted by atomic mass is 32.2. The maximum atomic E-state index is 12.5. The fraction of sp³-hybridized carbons (Fsp3) is 0.133. The fourth-order valence-corrected chi connectivity index (χ4v) is 4.58. The zero-order chi connectivity index (χ0) is 31.0. The molecule has 12 nitrogen and oxygen atoms in total. The molecule has 0 radical (unpaired) electrons. The number of hydrogen-bond acceptors (Lipinski definition) is 9. The molecule has 0 aliphatic carbocycles. The van der Waals surface area contributed by atoms with Crippen molar-refractivity contribution in [1.29, 1.82) is 0 Å². The first-order valence-corrected chi connectivity index (χ1v) is 14.6. The molecule has 4 aromatic rings. The summed E-state index contributed by atoms with van der Waals surface area (Å²) in [5.74, 6) is -2.37. The van der Waals surface area contributed by atoms with E-state index in [9.17, 15) is 28.2 Å². The molecule has 43 heavy (non-hydrogen) atoms. The van der Waals surface area contributed by atoms with Crippen LogP contribution in [0.5, 0.6) is 28.7 Å². The van der Waals surface area contributed by atoms with Gasteiger partial charge in [0.2, 0.25) is 15.8 Å². The van der Waals surface area contributed by atoms with E-state index in [0.29, 0.717) is 18.0 Å². The van der Waals surface area contributed by atoms with E-state index in [1.807, 2.05) is 6.92 Å². The van der Waals surface area contributed by atoms with Crippen LogP contribution in [-0.2, 0) is 10.0 Å². The van der Waals surface area contributed by atoms with Crippen molar-refractivity contribution in [1.82, 2.24) is 0 Å². The van der Waals surface area contributed by atoms with Crippen LogP contribution in [0.4, 0.5) is 11.4 Å². The lowest BCUT2D eigenvalue weighted by Crippen LogP contribution is -2.17. The van der Waals surface area contributed by atoms with Crippen molar-refractivity contribution in [3.05, 3.63) is 96.1 Å². The quantitative estimate of drug-likeness (QED) is 0.0844. The van der Waals surface area contributed by atoms with Crippen LogP contribution in [0.25, 0.3) is 0 Å². The first-order chi connectivity index (χ1) is 20.6. The van der Waals surface area contributed by atoms with E-state index in [4.69, 9.17) is 19.5 Å². The number of carboxylic acid groups (broad SMARTS) is 2. The smallest absolute Gasteiger partial charge is 0.335 e. The Labute approximate surface area is 247 Å². The number of nitrogens with one attached hydrogen (secondary N) is 2. The molecule has 0 aromatic heterocycles. The highest BCUT2D eigenvalue weighted by Crippen LogP contribution is 2.42. The maximum Gasteiger partial charge on any atom is 0.335 e. The average molecular weight is 608 g/mol. The van der Waals surface area contributed by atoms with Gasteiger partial charge in [-0.15, -0.1) is 0 Å². The Kier molecular flexibility index (Phi) is 9.70. The number of para-hydroxylation sites is 2. The number of carboxylic acids is 2. The number of ether oxygens (including phenoxy) is 2. The van der Waals surface area contributed by atoms with Gasteiger partial charge in [0.25, 0.3) is 0 Å². The Morgan fingerprint density at radius 3 is 1.86 bits per heavy atom. The fourth-order valence-electron chi connectivity index (χ4n) is 3.88. The van der Waals surface area contributed by atoms with Crippen LogP contribution >= 0.6 is 0 Å². The van der Waals surface area contributed by atoms with Crippen LogP contribution in [0, 0.1) is 0 Å². The molecule has 0 amide bonds. The Hall–Kier alpha value is -5.27. The second-order valence-corrected chi connectivity index (χ2v) is 10.7. The van der Waals surface area contributed by atoms with Crippen molar-refractivity contribution >= 4 is 33.3 Å². The van der Waals surface area contributed by atoms with Crippen molar-refractivity contribution < 1.29 is 42.5 Å². The number of anilines is 2. The highest BCUT2D eigenvalue weighted by Gasteiger charge is 2.25. The number of primary sulfonamides is 1. The number of aromatic carboxylic acids is 2. The molecule has 0 heterocycles. The number of unbranched alkanes of at least 4 members (excludes halogenated alkanes) is 1. The molecule has 0 atom stereocenters. The van der Waals surface area contributed by atoms with Gasteiger partial charge < -0.3 is 29.8 Å². The minimum Gasteiger partial charge on any atom is -0.478 e. The van der Waals surface area contributed by atoms with E-state index in [0.717, 1.165) is 25.0 Å². The van der Waals surface area contributed by atoms with Crippen molar-refractivity contribution in [3.8, 4) is 28.7 Å². The predicted molar refractivity (Wildman–Crippen MR) is 159 cm³/mol. The van der Waals surface area contributed by atoms with Gasteiger partial charge in [0.15, 0.2) is 11.5 Å². The summed E-state index contributed by atoms with van der Waals surface area (Å²) in [5.41, 5.74) is 2.06. The van der Waals surface area contributed by atoms with Crippen molar-refractivity contribution in [3.63, 3.8) is 0 Å². The van der Waals surface area contributed by atoms with Gasteiger partial charge in [-0.25, -0.2) is 28.6 Å². The van der Waals surface area contributed by atoms with Crippen molar-refractivity contribution in [2.75, 3.05) is 17.3 Å². The lowest BCUT2D eigenvalue weighted by molar-refractivity contribution is 0.0685. The first kappa shape index (κ1) is 30.7. The van der Waals surface area contributed by atoms with Crippen LogP contribution in [0.3, 0.4) is 0 Å². The van der Waals surface area contributed by atoms with Gasteiger partial charge in [0, 0.05) is 12.6 Å². The number of rotatable bonds is 14. The summed E-state index contributed by atoms with van der Waals surface area (Å²) in [4.78, 5) is 29.1. The van der Waals surface area contributed by atoms with Crippen LogP contribution in [0.2, 0.25) is 0 Å². The third-order valence-electron chi connectivity index (χ3n) is 5.95. The van der Waals surface area contributed by atoms with Gasteiger partial charge in [-0.05, 0) is 48.9 Å². The van der Waals surface area contributed by atoms with E-state index in [2.05, 4.69) is 10.8 Å². The molecule has 0 aliphatic heterocycles. The van der Waals surface area contributed by atoms with Gasteiger partial charge in [0.1, 0.15) is 22.1 Å². The molecule has 0 bridgehead atoms. The third-order valence-corrected chi connectivity index (χ3v) is 6.87. The summed E-state index contributed by atoms with van der Waals surface area (Å²) in [5, 5.41) is 28.1. The van der Waals surface area contributed by atoms with E-state index in [-0.39, 0.29) is 34.2 Å². The molecule has 0 saturated heterocycles. The zero-order valence-electron chi connectivity index (χ0n) is 22.9. The van der Waals surface area contributed by atoms with E-state index in [1.165, 1.54) is 12.1 Å². The number of nitrogens with two attached hydrogens (primary N) is 1. The molecule has 0 unspecified atom stereocenters. The second kappa shape index (κ2) is 13.6. The summed E-state index contributed by atoms with van der Waals surface area (Å²) in [7, 11) is -4.50. The molecular formula is C30H29N3O9S. The first-order valence-electron chi connectivity index (χ1n) is 13.0. The summed E-state index contributed by atoms with van der Waals surface area (Å²) in [6.07, 6.45) is 1.66. The summed E-state index contributed by atoms with van der Waals surface area (Å²) >= 11 is 0. The molecule has 0 aliphatic rings. The van der Waals surface area contributed by atoms with Gasteiger partial charge in [-0.1, -0.05) is 49.7 Å². The van der Waals surface area contributed by atoms with Gasteiger partial charge >= 0.3 is 11.9 Å². The summed E-state index contributed by atoms with van der Waals surface area (Å²) in [6.45, 7) is 2.51. The number of sulfonamides is 1. The minimum atomic E-state index is -4.50. The normalized spacial score (nSPS) is 10.9. The lowest BCUT2D eigenvalue weighted by atomic mass is 10.1. The highest BCUT2D eigenvalue weighted by molar-refractivity contribution is 7.89. The molecule has 224 valence electrons. The standard InChI is InChI=1S/C30H29N3O9S/c1-2-3-14-32-23-15-19(29(34)35)17-25(27(23)40-21-10-6-4-7-11-21)42-33-24-16-20(30(36)37)18-26(43(31,38)39)28(24)41-22-12-8-5-9-13-22/h4-13,15-18,32-33H,2-3,14H2,1H3,(H,34,35)(H,36,37)(H2,31,38,39). The van der Waals surface area contributed by atoms with Crippen molar-refractivity contribution in [2.24, 2.45) is 5.14 Å². The van der Waals surface area contributed by atoms with Gasteiger partial charge in [-0.2, -0.15) is 0 Å². The zero-order valence-corrected chi connectivity index (χ0v) is 23.8. The van der Waals surface area contributed by atoms with Crippen LogP contribution in [0.1, 0.15) is 40.5 Å². The monoisotopic (exact) mass is 607 g/mol. The molecule has 0 fully saturated rings. The maximum absolute atomic E-state index is 12.5. The Balaban J connectivity index is 1.84. The predicted octanol–water partition coefficient (Wildman–Crippen LogP) is 5.93. The van der Waals surface area contributed by atoms with E-state index in [1.54, 1.807) is 60.7 Å². The molecule has 6 N–H and O–H groups in total. The van der Waals surface area contributed by atoms with E-state index >= 15 is 0 Å². The largest absolute Gasteiger partial charge is 0.478 e. The molecule has 13 heteroatoms. The lowest BCUT2D eigenvalue weighted by Gasteiger charge is -2.20. The summed E-state index contributed by atoms with van der Waals surface area (Å²) < 4.78 is 37.0. The topological polar surface area (TPSA) is 187 Å². The Morgan fingerprint density at radius 2 is 1.33 bits per heavy atom. The van der Waals surface area contributed by atoms with Crippen LogP contribution in [-0.4, -0.2) is 37.1 Å². The molecule has 4 rings (SSSR count). The van der Waals surface area contributed by atoms with Crippen LogP contribution in [0.15, 0.2) is 89.8 Å².